The van der Waals surface area contributed by atoms with Gasteiger partial charge in [0, 0.05) is 22.6 Å². The first-order chi connectivity index (χ1) is 18.5. The molecule has 0 saturated heterocycles. The molecule has 1 heteroatoms. The quantitative estimate of drug-likeness (QED) is 0.211. The molecule has 0 aliphatic heterocycles. The maximum absolute atomic E-state index is 4.84. The van der Waals surface area contributed by atoms with Gasteiger partial charge in [-0.2, -0.15) is 0 Å². The largest absolute Gasteiger partial charge is 0.256 e. The summed E-state index contributed by atoms with van der Waals surface area (Å²) in [4.78, 5) is 4.84. The Hall–Kier alpha value is -4.49. The molecule has 6 aromatic carbocycles. The molecule has 0 amide bonds. The second kappa shape index (κ2) is 7.52. The fraction of sp³-hybridized carbons (Fsp3) is 0.108. The van der Waals surface area contributed by atoms with E-state index in [9.17, 15) is 0 Å². The van der Waals surface area contributed by atoms with Crippen LogP contribution in [-0.2, 0) is 5.41 Å². The number of hydrogen-bond acceptors (Lipinski definition) is 1. The van der Waals surface area contributed by atoms with E-state index in [1.807, 2.05) is 6.20 Å². The Balaban J connectivity index is 1.38. The average molecular weight is 486 g/mol. The summed E-state index contributed by atoms with van der Waals surface area (Å²) < 4.78 is 0. The van der Waals surface area contributed by atoms with Crippen LogP contribution in [0, 0.1) is 6.92 Å². The molecule has 0 fully saturated rings. The minimum atomic E-state index is -0.102. The van der Waals surface area contributed by atoms with Crippen molar-refractivity contribution >= 4 is 43.1 Å². The number of hydrogen-bond donors (Lipinski definition) is 0. The molecule has 1 aliphatic carbocycles. The Kier molecular flexibility index (Phi) is 4.27. The maximum atomic E-state index is 4.84. The molecule has 1 aromatic heterocycles. The molecule has 0 N–H and O–H groups in total. The van der Waals surface area contributed by atoms with Crippen LogP contribution in [0.4, 0.5) is 0 Å². The van der Waals surface area contributed by atoms with Crippen LogP contribution in [0.3, 0.4) is 0 Å². The first-order valence-electron chi connectivity index (χ1n) is 13.4. The molecule has 8 rings (SSSR count). The predicted octanol–water partition coefficient (Wildman–Crippen LogP) is 9.98. The van der Waals surface area contributed by atoms with E-state index in [1.54, 1.807) is 0 Å². The van der Waals surface area contributed by atoms with Crippen LogP contribution in [0.5, 0.6) is 0 Å². The molecule has 0 bridgehead atoms. The fourth-order valence-corrected chi connectivity index (χ4v) is 6.71. The maximum Gasteiger partial charge on any atom is 0.0708 e. The molecular weight excluding hydrogens is 458 g/mol. The topological polar surface area (TPSA) is 12.9 Å². The van der Waals surface area contributed by atoms with E-state index in [0.717, 1.165) is 5.69 Å². The normalized spacial score (nSPS) is 13.9. The molecule has 0 unspecified atom stereocenters. The van der Waals surface area contributed by atoms with E-state index >= 15 is 0 Å². The number of fused-ring (bicyclic) bond motifs is 10. The van der Waals surface area contributed by atoms with Crippen LogP contribution in [-0.4, -0.2) is 4.98 Å². The molecule has 1 heterocycles. The summed E-state index contributed by atoms with van der Waals surface area (Å²) in [5.41, 5.74) is 8.84. The third-order valence-electron chi connectivity index (χ3n) is 8.71. The lowest BCUT2D eigenvalue weighted by atomic mass is 9.80. The van der Waals surface area contributed by atoms with Gasteiger partial charge >= 0.3 is 0 Å². The second-order valence-electron chi connectivity index (χ2n) is 11.3. The van der Waals surface area contributed by atoms with E-state index < -0.39 is 0 Å². The minimum Gasteiger partial charge on any atom is -0.256 e. The Morgan fingerprint density at radius 3 is 1.87 bits per heavy atom. The molecular formula is C37H27N. The van der Waals surface area contributed by atoms with Gasteiger partial charge in [-0.05, 0) is 91.1 Å². The smallest absolute Gasteiger partial charge is 0.0708 e. The van der Waals surface area contributed by atoms with Gasteiger partial charge in [0.25, 0.3) is 0 Å². The highest BCUT2D eigenvalue weighted by molar-refractivity contribution is 6.26. The third-order valence-corrected chi connectivity index (χ3v) is 8.71. The third kappa shape index (κ3) is 2.90. The van der Waals surface area contributed by atoms with Crippen molar-refractivity contribution in [3.63, 3.8) is 0 Å². The van der Waals surface area contributed by atoms with E-state index in [4.69, 9.17) is 4.98 Å². The van der Waals surface area contributed by atoms with Gasteiger partial charge in [0.15, 0.2) is 0 Å². The van der Waals surface area contributed by atoms with E-state index in [0.29, 0.717) is 0 Å². The summed E-state index contributed by atoms with van der Waals surface area (Å²) in [7, 11) is 0. The van der Waals surface area contributed by atoms with Crippen molar-refractivity contribution < 1.29 is 0 Å². The summed E-state index contributed by atoms with van der Waals surface area (Å²) in [6, 6.07) is 38.3. The molecule has 180 valence electrons. The number of aromatic nitrogens is 1. The molecule has 7 aromatic rings. The van der Waals surface area contributed by atoms with Gasteiger partial charge in [-0.1, -0.05) is 98.3 Å². The fourth-order valence-electron chi connectivity index (χ4n) is 6.71. The number of rotatable bonds is 1. The first-order valence-corrected chi connectivity index (χ1v) is 13.4. The second-order valence-corrected chi connectivity index (χ2v) is 11.3. The first kappa shape index (κ1) is 21.6. The van der Waals surface area contributed by atoms with Crippen molar-refractivity contribution in [3.05, 3.63) is 126 Å². The van der Waals surface area contributed by atoms with Crippen LogP contribution >= 0.6 is 0 Å². The van der Waals surface area contributed by atoms with Crippen molar-refractivity contribution in [2.45, 2.75) is 26.2 Å². The lowest BCUT2D eigenvalue weighted by Crippen LogP contribution is -2.15. The summed E-state index contributed by atoms with van der Waals surface area (Å²) >= 11 is 0. The monoisotopic (exact) mass is 485 g/mol. The highest BCUT2D eigenvalue weighted by atomic mass is 14.7. The van der Waals surface area contributed by atoms with E-state index in [2.05, 4.69) is 124 Å². The SMILES string of the molecule is Cc1ccc2cnc(-c3ccc4c(c3)C(C)(C)c3cc5c6ccccc6c6ccccc6c5cc3-4)cc2c1. The zero-order valence-electron chi connectivity index (χ0n) is 21.8. The molecule has 0 radical (unpaired) electrons. The number of pyridine rings is 1. The lowest BCUT2D eigenvalue weighted by molar-refractivity contribution is 0.661. The van der Waals surface area contributed by atoms with Crippen LogP contribution in [0.2, 0.25) is 0 Å². The Morgan fingerprint density at radius 2 is 1.16 bits per heavy atom. The lowest BCUT2D eigenvalue weighted by Gasteiger charge is -2.23. The summed E-state index contributed by atoms with van der Waals surface area (Å²) in [5.74, 6) is 0. The Bertz CT molecular complexity index is 2110. The van der Waals surface area contributed by atoms with Crippen LogP contribution in [0.1, 0.15) is 30.5 Å². The molecule has 1 aliphatic rings. The van der Waals surface area contributed by atoms with Gasteiger partial charge in [0.2, 0.25) is 0 Å². The highest BCUT2D eigenvalue weighted by Crippen LogP contribution is 2.52. The van der Waals surface area contributed by atoms with Gasteiger partial charge in [-0.3, -0.25) is 4.98 Å². The number of nitrogens with zero attached hydrogens (tertiary/aromatic N) is 1. The van der Waals surface area contributed by atoms with Crippen molar-refractivity contribution in [2.24, 2.45) is 0 Å². The average Bonchev–Trinajstić information content (AvgIpc) is 3.17. The molecule has 38 heavy (non-hydrogen) atoms. The van der Waals surface area contributed by atoms with Crippen LogP contribution in [0.15, 0.2) is 109 Å². The zero-order chi connectivity index (χ0) is 25.6. The van der Waals surface area contributed by atoms with Gasteiger partial charge in [-0.15, -0.1) is 0 Å². The molecule has 0 atom stereocenters. The number of aryl methyl sites for hydroxylation is 1. The van der Waals surface area contributed by atoms with Crippen LogP contribution < -0.4 is 0 Å². The Morgan fingerprint density at radius 1 is 0.526 bits per heavy atom. The van der Waals surface area contributed by atoms with E-state index in [-0.39, 0.29) is 5.41 Å². The molecule has 1 nitrogen and oxygen atoms in total. The van der Waals surface area contributed by atoms with Crippen molar-refractivity contribution in [1.29, 1.82) is 0 Å². The van der Waals surface area contributed by atoms with Crippen molar-refractivity contribution in [1.82, 2.24) is 4.98 Å². The predicted molar refractivity (Wildman–Crippen MR) is 162 cm³/mol. The van der Waals surface area contributed by atoms with Crippen LogP contribution in [0.25, 0.3) is 65.5 Å². The molecule has 0 saturated carbocycles. The standard InChI is InChI=1S/C37H27N/c1-22-12-13-24-21-38-36(18-25(24)16-22)23-14-15-30-33-19-31-28-10-6-4-8-26(28)27-9-5-7-11-29(27)32(31)20-35(33)37(2,3)34(30)17-23/h4-21H,1-3H3. The highest BCUT2D eigenvalue weighted by Gasteiger charge is 2.36. The van der Waals surface area contributed by atoms with Gasteiger partial charge in [0.05, 0.1) is 5.69 Å². The van der Waals surface area contributed by atoms with E-state index in [1.165, 1.54) is 76.5 Å². The van der Waals surface area contributed by atoms with Gasteiger partial charge in [0.1, 0.15) is 0 Å². The number of benzene rings is 6. The zero-order valence-corrected chi connectivity index (χ0v) is 21.8. The van der Waals surface area contributed by atoms with Crippen molar-refractivity contribution in [3.8, 4) is 22.4 Å². The molecule has 0 spiro atoms. The summed E-state index contributed by atoms with van der Waals surface area (Å²) in [6.07, 6.45) is 2.00. The summed E-state index contributed by atoms with van der Waals surface area (Å²) in [5, 5.41) is 10.4. The van der Waals surface area contributed by atoms with Gasteiger partial charge < -0.3 is 0 Å². The van der Waals surface area contributed by atoms with Crippen molar-refractivity contribution in [2.75, 3.05) is 0 Å². The minimum absolute atomic E-state index is 0.102. The Labute approximate surface area is 222 Å². The summed E-state index contributed by atoms with van der Waals surface area (Å²) in [6.45, 7) is 6.88. The van der Waals surface area contributed by atoms with Gasteiger partial charge in [-0.25, -0.2) is 0 Å².